The van der Waals surface area contributed by atoms with E-state index in [1.54, 1.807) is 31.5 Å². The van der Waals surface area contributed by atoms with Crippen LogP contribution in [0.1, 0.15) is 57.1 Å². The fraction of sp³-hybridized carbons (Fsp3) is 0.550. The molecule has 1 N–H and O–H groups in total. The molecule has 1 saturated carbocycles. The number of halogens is 1. The Kier molecular flexibility index (Phi) is 10.5. The number of aliphatic carboxylic acids is 1. The zero-order chi connectivity index (χ0) is 18.8. The summed E-state index contributed by atoms with van der Waals surface area (Å²) < 4.78 is 11.0. The van der Waals surface area contributed by atoms with Crippen molar-refractivity contribution in [1.29, 1.82) is 0 Å². The Morgan fingerprint density at radius 3 is 2.63 bits per heavy atom. The minimum atomic E-state index is -0.771. The Morgan fingerprint density at radius 1 is 1.22 bits per heavy atom. The number of carbonyl (C=O) groups excluding carboxylic acids is 1. The number of aromatic nitrogens is 1. The third-order valence-corrected chi connectivity index (χ3v) is 4.54. The third-order valence-electron chi connectivity index (χ3n) is 4.54. The fourth-order valence-corrected chi connectivity index (χ4v) is 3.05. The lowest BCUT2D eigenvalue weighted by Gasteiger charge is -2.10. The molecule has 1 fully saturated rings. The summed E-state index contributed by atoms with van der Waals surface area (Å²) in [6, 6.07) is 1.75. The number of rotatable bonds is 11. The van der Waals surface area contributed by atoms with Gasteiger partial charge in [-0.3, -0.25) is 14.6 Å². The van der Waals surface area contributed by atoms with E-state index in [1.807, 2.05) is 0 Å². The Hall–Kier alpha value is -2.08. The highest BCUT2D eigenvalue weighted by Crippen LogP contribution is 2.28. The number of ketones is 1. The minimum absolute atomic E-state index is 0. The van der Waals surface area contributed by atoms with E-state index in [9.17, 15) is 9.59 Å². The van der Waals surface area contributed by atoms with E-state index in [0.29, 0.717) is 30.2 Å². The number of unbranched alkanes of at least 4 members (excludes halogenated alkanes) is 2. The van der Waals surface area contributed by atoms with Crippen LogP contribution >= 0.6 is 12.4 Å². The van der Waals surface area contributed by atoms with Crippen molar-refractivity contribution in [3.05, 3.63) is 24.0 Å². The van der Waals surface area contributed by atoms with Gasteiger partial charge in [0.05, 0.1) is 25.6 Å². The van der Waals surface area contributed by atoms with Crippen LogP contribution in [0.4, 0.5) is 0 Å². The van der Waals surface area contributed by atoms with Crippen LogP contribution in [0.5, 0.6) is 11.5 Å². The number of carboxylic acids is 1. The summed E-state index contributed by atoms with van der Waals surface area (Å²) in [7, 11) is 1.56. The maximum Gasteiger partial charge on any atom is 0.303 e. The highest BCUT2D eigenvalue weighted by Gasteiger charge is 2.20. The molecule has 0 aliphatic heterocycles. The Labute approximate surface area is 166 Å². The summed E-state index contributed by atoms with van der Waals surface area (Å²) in [5.74, 6) is 0.678. The molecule has 7 heteroatoms. The molecule has 0 bridgehead atoms. The highest BCUT2D eigenvalue weighted by atomic mass is 35.5. The summed E-state index contributed by atoms with van der Waals surface area (Å²) in [5.41, 5.74) is 0.655. The van der Waals surface area contributed by atoms with Gasteiger partial charge in [0.15, 0.2) is 17.3 Å². The van der Waals surface area contributed by atoms with Crippen molar-refractivity contribution in [2.24, 2.45) is 5.92 Å². The molecule has 0 saturated heterocycles. The van der Waals surface area contributed by atoms with Crippen LogP contribution in [0, 0.1) is 5.92 Å². The van der Waals surface area contributed by atoms with Crippen LogP contribution in [0.3, 0.4) is 0 Å². The van der Waals surface area contributed by atoms with E-state index in [1.165, 1.54) is 0 Å². The predicted octanol–water partition coefficient (Wildman–Crippen LogP) is 4.31. The van der Waals surface area contributed by atoms with Gasteiger partial charge < -0.3 is 14.6 Å². The van der Waals surface area contributed by atoms with Crippen LogP contribution < -0.4 is 9.47 Å². The average Bonchev–Trinajstić information content (AvgIpc) is 3.17. The van der Waals surface area contributed by atoms with Crippen molar-refractivity contribution in [2.45, 2.75) is 51.4 Å². The van der Waals surface area contributed by atoms with Crippen molar-refractivity contribution in [3.63, 3.8) is 0 Å². The maximum absolute atomic E-state index is 12.1. The molecule has 1 heterocycles. The fourth-order valence-electron chi connectivity index (χ4n) is 3.05. The number of carbonyl (C=O) groups is 2. The molecular weight excluding hydrogens is 370 g/mol. The van der Waals surface area contributed by atoms with E-state index in [0.717, 1.165) is 38.5 Å². The Bertz CT molecular complexity index is 641. The first-order chi connectivity index (χ1) is 12.6. The van der Waals surface area contributed by atoms with Gasteiger partial charge in [-0.1, -0.05) is 12.8 Å². The summed E-state index contributed by atoms with van der Waals surface area (Å²) in [6.07, 6.45) is 11.6. The minimum Gasteiger partial charge on any atom is -0.493 e. The van der Waals surface area contributed by atoms with Gasteiger partial charge in [-0.25, -0.2) is 0 Å². The molecule has 0 atom stereocenters. The van der Waals surface area contributed by atoms with Gasteiger partial charge in [-0.15, -0.1) is 12.4 Å². The molecule has 27 heavy (non-hydrogen) atoms. The lowest BCUT2D eigenvalue weighted by molar-refractivity contribution is -0.137. The van der Waals surface area contributed by atoms with Crippen molar-refractivity contribution in [1.82, 2.24) is 4.98 Å². The number of nitrogens with zero attached hydrogens (tertiary/aromatic N) is 1. The SMILES string of the molecule is COc1cc(C=CC(=O)C2CCCC2)ncc1OCCCCCC(=O)O.Cl. The molecular formula is C20H28ClNO5. The quantitative estimate of drug-likeness (QED) is 0.442. The number of ether oxygens (including phenoxy) is 2. The lowest BCUT2D eigenvalue weighted by Crippen LogP contribution is -2.06. The molecule has 0 spiro atoms. The Balaban J connectivity index is 0.00000364. The molecule has 6 nitrogen and oxygen atoms in total. The summed E-state index contributed by atoms with van der Waals surface area (Å²) in [5, 5.41) is 8.60. The lowest BCUT2D eigenvalue weighted by atomic mass is 10.0. The van der Waals surface area contributed by atoms with Crippen LogP contribution in [0.25, 0.3) is 6.08 Å². The standard InChI is InChI=1S/C20H27NO5.ClH/c1-25-18-13-16(10-11-17(22)15-7-4-5-8-15)21-14-19(18)26-12-6-2-3-9-20(23)24;/h10-11,13-15H,2-9,12H2,1H3,(H,23,24);1H. The average molecular weight is 398 g/mol. The van der Waals surface area contributed by atoms with Crippen LogP contribution in [-0.4, -0.2) is 35.6 Å². The monoisotopic (exact) mass is 397 g/mol. The first-order valence-electron chi connectivity index (χ1n) is 9.20. The second-order valence-electron chi connectivity index (χ2n) is 6.53. The summed E-state index contributed by atoms with van der Waals surface area (Å²) >= 11 is 0. The molecule has 0 unspecified atom stereocenters. The molecule has 0 radical (unpaired) electrons. The summed E-state index contributed by atoms with van der Waals surface area (Å²) in [4.78, 5) is 26.9. The van der Waals surface area contributed by atoms with E-state index < -0.39 is 5.97 Å². The van der Waals surface area contributed by atoms with Gasteiger partial charge in [-0.2, -0.15) is 0 Å². The molecule has 0 aromatic carbocycles. The van der Waals surface area contributed by atoms with Gasteiger partial charge in [0, 0.05) is 18.4 Å². The van der Waals surface area contributed by atoms with Gasteiger partial charge in [-0.05, 0) is 44.3 Å². The van der Waals surface area contributed by atoms with Crippen molar-refractivity contribution in [3.8, 4) is 11.5 Å². The van der Waals surface area contributed by atoms with Crippen LogP contribution in [0.2, 0.25) is 0 Å². The number of carboxylic acid groups (broad SMARTS) is 1. The van der Waals surface area contributed by atoms with Gasteiger partial charge in [0.2, 0.25) is 0 Å². The van der Waals surface area contributed by atoms with E-state index in [4.69, 9.17) is 14.6 Å². The Morgan fingerprint density at radius 2 is 1.96 bits per heavy atom. The first kappa shape index (κ1) is 23.0. The number of hydrogen-bond acceptors (Lipinski definition) is 5. The van der Waals surface area contributed by atoms with E-state index in [-0.39, 0.29) is 30.5 Å². The second kappa shape index (κ2) is 12.3. The van der Waals surface area contributed by atoms with Crippen LogP contribution in [0.15, 0.2) is 18.3 Å². The normalized spacial score (nSPS) is 14.1. The van der Waals surface area contributed by atoms with Crippen LogP contribution in [-0.2, 0) is 9.59 Å². The predicted molar refractivity (Wildman–Crippen MR) is 106 cm³/mol. The number of pyridine rings is 1. The molecule has 150 valence electrons. The molecule has 1 aliphatic rings. The molecule has 1 aliphatic carbocycles. The first-order valence-corrected chi connectivity index (χ1v) is 9.20. The van der Waals surface area contributed by atoms with Gasteiger partial charge in [0.1, 0.15) is 0 Å². The number of methoxy groups -OCH3 is 1. The van der Waals surface area contributed by atoms with Crippen molar-refractivity contribution >= 4 is 30.2 Å². The highest BCUT2D eigenvalue weighted by molar-refractivity contribution is 5.95. The molecule has 0 amide bonds. The molecule has 1 aromatic heterocycles. The van der Waals surface area contributed by atoms with Crippen molar-refractivity contribution in [2.75, 3.05) is 13.7 Å². The molecule has 2 rings (SSSR count). The number of hydrogen-bond donors (Lipinski definition) is 1. The van der Waals surface area contributed by atoms with E-state index >= 15 is 0 Å². The maximum atomic E-state index is 12.1. The van der Waals surface area contributed by atoms with Gasteiger partial charge in [0.25, 0.3) is 0 Å². The van der Waals surface area contributed by atoms with Gasteiger partial charge >= 0.3 is 5.97 Å². The molecule has 1 aromatic rings. The van der Waals surface area contributed by atoms with Crippen molar-refractivity contribution < 1.29 is 24.2 Å². The second-order valence-corrected chi connectivity index (χ2v) is 6.53. The topological polar surface area (TPSA) is 85.7 Å². The number of allylic oxidation sites excluding steroid dienone is 1. The smallest absolute Gasteiger partial charge is 0.303 e. The zero-order valence-corrected chi connectivity index (χ0v) is 16.5. The zero-order valence-electron chi connectivity index (χ0n) is 15.7. The summed E-state index contributed by atoms with van der Waals surface area (Å²) in [6.45, 7) is 0.479. The third kappa shape index (κ3) is 7.99. The van der Waals surface area contributed by atoms with E-state index in [2.05, 4.69) is 4.98 Å². The largest absolute Gasteiger partial charge is 0.493 e.